The van der Waals surface area contributed by atoms with Crippen molar-refractivity contribution in [3.05, 3.63) is 29.7 Å². The van der Waals surface area contributed by atoms with Crippen molar-refractivity contribution in [2.75, 3.05) is 0 Å². The summed E-state index contributed by atoms with van der Waals surface area (Å²) in [6.45, 7) is 8.85. The maximum atomic E-state index is 5.33. The fraction of sp³-hybridized carbons (Fsp3) is 0.462. The van der Waals surface area contributed by atoms with Gasteiger partial charge in [-0.3, -0.25) is 0 Å². The molecule has 0 radical (unpaired) electrons. The summed E-state index contributed by atoms with van der Waals surface area (Å²) >= 11 is 0. The second kappa shape index (κ2) is 3.69. The molecule has 1 aromatic heterocycles. The lowest BCUT2D eigenvalue weighted by atomic mass is 9.90. The molecule has 0 aliphatic rings. The van der Waals surface area contributed by atoms with Gasteiger partial charge in [-0.1, -0.05) is 27.7 Å². The quantitative estimate of drug-likeness (QED) is 0.735. The molecule has 0 aliphatic carbocycles. The monoisotopic (exact) mass is 203 g/mol. The number of benzene rings is 1. The molecule has 0 saturated carbocycles. The molecule has 1 aromatic carbocycles. The van der Waals surface area contributed by atoms with Crippen molar-refractivity contribution in [3.63, 3.8) is 0 Å². The predicted molar refractivity (Wildman–Crippen MR) is 62.2 cm³/mol. The number of hydrogen-bond donors (Lipinski definition) is 0. The maximum absolute atomic E-state index is 5.33. The molecule has 2 aromatic rings. The molecule has 2 nitrogen and oxygen atoms in total. The SMILES string of the molecule is CC(C)c1cc2ncoc2cc1C(C)C. The summed E-state index contributed by atoms with van der Waals surface area (Å²) in [7, 11) is 0. The predicted octanol–water partition coefficient (Wildman–Crippen LogP) is 4.07. The van der Waals surface area contributed by atoms with Crippen LogP contribution in [0.15, 0.2) is 22.9 Å². The van der Waals surface area contributed by atoms with Gasteiger partial charge in [-0.25, -0.2) is 4.98 Å². The van der Waals surface area contributed by atoms with Crippen molar-refractivity contribution in [1.29, 1.82) is 0 Å². The van der Waals surface area contributed by atoms with Crippen molar-refractivity contribution >= 4 is 11.1 Å². The van der Waals surface area contributed by atoms with E-state index in [1.165, 1.54) is 17.5 Å². The van der Waals surface area contributed by atoms with Crippen LogP contribution in [0.1, 0.15) is 50.7 Å². The lowest BCUT2D eigenvalue weighted by Crippen LogP contribution is -1.98. The van der Waals surface area contributed by atoms with E-state index in [1.54, 1.807) is 0 Å². The molecule has 0 saturated heterocycles. The molecule has 0 unspecified atom stereocenters. The van der Waals surface area contributed by atoms with Crippen LogP contribution in [0.4, 0.5) is 0 Å². The highest BCUT2D eigenvalue weighted by molar-refractivity contribution is 5.74. The summed E-state index contributed by atoms with van der Waals surface area (Å²) in [6.07, 6.45) is 1.51. The Kier molecular flexibility index (Phi) is 2.51. The second-order valence-electron chi connectivity index (χ2n) is 4.61. The van der Waals surface area contributed by atoms with Gasteiger partial charge in [0.05, 0.1) is 0 Å². The smallest absolute Gasteiger partial charge is 0.181 e. The number of rotatable bonds is 2. The molecule has 0 atom stereocenters. The Hall–Kier alpha value is -1.31. The summed E-state index contributed by atoms with van der Waals surface area (Å²) < 4.78 is 5.33. The van der Waals surface area contributed by atoms with Crippen molar-refractivity contribution in [2.45, 2.75) is 39.5 Å². The van der Waals surface area contributed by atoms with Crippen molar-refractivity contribution < 1.29 is 4.42 Å². The molecule has 2 heteroatoms. The number of aromatic nitrogens is 1. The zero-order valence-electron chi connectivity index (χ0n) is 9.74. The molecule has 0 bridgehead atoms. The molecule has 0 amide bonds. The van der Waals surface area contributed by atoms with E-state index in [-0.39, 0.29) is 0 Å². The first kappa shape index (κ1) is 10.2. The summed E-state index contributed by atoms with van der Waals surface area (Å²) in [5.74, 6) is 1.06. The molecule has 1 heterocycles. The van der Waals surface area contributed by atoms with Gasteiger partial charge in [0.2, 0.25) is 0 Å². The van der Waals surface area contributed by atoms with E-state index in [1.807, 2.05) is 0 Å². The minimum absolute atomic E-state index is 0.525. The van der Waals surface area contributed by atoms with Crippen LogP contribution < -0.4 is 0 Å². The van der Waals surface area contributed by atoms with Crippen molar-refractivity contribution in [2.24, 2.45) is 0 Å². The van der Waals surface area contributed by atoms with Gasteiger partial charge in [0, 0.05) is 0 Å². The van der Waals surface area contributed by atoms with Crippen LogP contribution in [0, 0.1) is 0 Å². The summed E-state index contributed by atoms with van der Waals surface area (Å²) in [5.41, 5.74) is 4.60. The third-order valence-corrected chi connectivity index (χ3v) is 2.78. The summed E-state index contributed by atoms with van der Waals surface area (Å²) in [5, 5.41) is 0. The van der Waals surface area contributed by atoms with Crippen molar-refractivity contribution in [1.82, 2.24) is 4.98 Å². The van der Waals surface area contributed by atoms with Crippen LogP contribution in [-0.4, -0.2) is 4.98 Å². The molecule has 0 spiro atoms. The van der Waals surface area contributed by atoms with Gasteiger partial charge >= 0.3 is 0 Å². The fourth-order valence-corrected chi connectivity index (χ4v) is 1.94. The van der Waals surface area contributed by atoms with E-state index >= 15 is 0 Å². The van der Waals surface area contributed by atoms with E-state index < -0.39 is 0 Å². The Morgan fingerprint density at radius 3 is 2.20 bits per heavy atom. The zero-order valence-corrected chi connectivity index (χ0v) is 9.74. The van der Waals surface area contributed by atoms with Gasteiger partial charge in [0.25, 0.3) is 0 Å². The molecule has 15 heavy (non-hydrogen) atoms. The number of hydrogen-bond acceptors (Lipinski definition) is 2. The lowest BCUT2D eigenvalue weighted by Gasteiger charge is -2.15. The average Bonchev–Trinajstić information content (AvgIpc) is 2.61. The lowest BCUT2D eigenvalue weighted by molar-refractivity contribution is 0.601. The average molecular weight is 203 g/mol. The Morgan fingerprint density at radius 2 is 1.60 bits per heavy atom. The third-order valence-electron chi connectivity index (χ3n) is 2.78. The fourth-order valence-electron chi connectivity index (χ4n) is 1.94. The molecule has 80 valence electrons. The Bertz CT molecular complexity index is 426. The molecular formula is C13H17NO. The number of fused-ring (bicyclic) bond motifs is 1. The van der Waals surface area contributed by atoms with E-state index in [4.69, 9.17) is 4.42 Å². The molecular weight excluding hydrogens is 186 g/mol. The standard InChI is InChI=1S/C13H17NO/c1-8(2)10-5-12-13(15-7-14-12)6-11(10)9(3)4/h5-9H,1-4H3. The topological polar surface area (TPSA) is 26.0 Å². The summed E-state index contributed by atoms with van der Waals surface area (Å²) in [6, 6.07) is 4.28. The first-order chi connectivity index (χ1) is 7.09. The van der Waals surface area contributed by atoms with Gasteiger partial charge in [-0.05, 0) is 35.1 Å². The van der Waals surface area contributed by atoms with E-state index in [2.05, 4.69) is 44.8 Å². The number of nitrogens with zero attached hydrogens (tertiary/aromatic N) is 1. The van der Waals surface area contributed by atoms with Gasteiger partial charge in [-0.15, -0.1) is 0 Å². The van der Waals surface area contributed by atoms with E-state index in [0.29, 0.717) is 11.8 Å². The zero-order chi connectivity index (χ0) is 11.0. The highest BCUT2D eigenvalue weighted by atomic mass is 16.3. The summed E-state index contributed by atoms with van der Waals surface area (Å²) in [4.78, 5) is 4.20. The third kappa shape index (κ3) is 1.76. The highest BCUT2D eigenvalue weighted by Gasteiger charge is 2.13. The first-order valence-electron chi connectivity index (χ1n) is 5.46. The normalized spacial score (nSPS) is 11.9. The molecule has 0 fully saturated rings. The highest BCUT2D eigenvalue weighted by Crippen LogP contribution is 2.29. The minimum atomic E-state index is 0.525. The second-order valence-corrected chi connectivity index (χ2v) is 4.61. The minimum Gasteiger partial charge on any atom is -0.443 e. The first-order valence-corrected chi connectivity index (χ1v) is 5.46. The Morgan fingerprint density at radius 1 is 1.00 bits per heavy atom. The van der Waals surface area contributed by atoms with E-state index in [0.717, 1.165) is 11.1 Å². The van der Waals surface area contributed by atoms with Gasteiger partial charge < -0.3 is 4.42 Å². The molecule has 2 rings (SSSR count). The van der Waals surface area contributed by atoms with Crippen LogP contribution in [0.5, 0.6) is 0 Å². The maximum Gasteiger partial charge on any atom is 0.181 e. The van der Waals surface area contributed by atoms with Crippen LogP contribution in [0.2, 0.25) is 0 Å². The van der Waals surface area contributed by atoms with Crippen LogP contribution in [-0.2, 0) is 0 Å². The van der Waals surface area contributed by atoms with Crippen LogP contribution in [0.25, 0.3) is 11.1 Å². The molecule has 0 N–H and O–H groups in total. The number of oxazole rings is 1. The van der Waals surface area contributed by atoms with Gasteiger partial charge in [-0.2, -0.15) is 0 Å². The Balaban J connectivity index is 2.68. The van der Waals surface area contributed by atoms with Crippen LogP contribution >= 0.6 is 0 Å². The van der Waals surface area contributed by atoms with Gasteiger partial charge in [0.15, 0.2) is 12.0 Å². The molecule has 0 aliphatic heterocycles. The Labute approximate surface area is 90.3 Å². The largest absolute Gasteiger partial charge is 0.443 e. The van der Waals surface area contributed by atoms with E-state index in [9.17, 15) is 0 Å². The van der Waals surface area contributed by atoms with Crippen molar-refractivity contribution in [3.8, 4) is 0 Å². The van der Waals surface area contributed by atoms with Crippen LogP contribution in [0.3, 0.4) is 0 Å². The van der Waals surface area contributed by atoms with Gasteiger partial charge in [0.1, 0.15) is 5.52 Å².